The molecule has 0 radical (unpaired) electrons. The number of aromatic nitrogens is 1. The largest absolute Gasteiger partial charge is 0.457 e. The molecule has 7 nitrogen and oxygen atoms in total. The fraction of sp³-hybridized carbons (Fsp3) is 0.231. The minimum Gasteiger partial charge on any atom is -0.457 e. The standard InChI is InChI=1S/C13H11ClN2O5/c1-7-11(8(2)21-15-7)6-20-13(17)10-5-9(14)3-4-12(10)16(18)19/h3-5H,6H2,1-2H3. The number of benzene rings is 1. The molecule has 2 aromatic rings. The Balaban J connectivity index is 2.21. The van der Waals surface area contributed by atoms with E-state index in [2.05, 4.69) is 5.16 Å². The smallest absolute Gasteiger partial charge is 0.345 e. The maximum Gasteiger partial charge on any atom is 0.345 e. The van der Waals surface area contributed by atoms with Crippen LogP contribution in [0.2, 0.25) is 5.02 Å². The van der Waals surface area contributed by atoms with Gasteiger partial charge < -0.3 is 9.26 Å². The fourth-order valence-corrected chi connectivity index (χ4v) is 1.93. The van der Waals surface area contributed by atoms with Gasteiger partial charge in [0.1, 0.15) is 17.9 Å². The Bertz CT molecular complexity index is 691. The van der Waals surface area contributed by atoms with E-state index in [0.29, 0.717) is 17.0 Å². The summed E-state index contributed by atoms with van der Waals surface area (Å²) in [6.07, 6.45) is 0. The van der Waals surface area contributed by atoms with E-state index in [1.54, 1.807) is 13.8 Å². The molecule has 8 heteroatoms. The van der Waals surface area contributed by atoms with Gasteiger partial charge >= 0.3 is 5.97 Å². The predicted molar refractivity (Wildman–Crippen MR) is 73.2 cm³/mol. The normalized spacial score (nSPS) is 10.4. The summed E-state index contributed by atoms with van der Waals surface area (Å²) in [4.78, 5) is 22.2. The van der Waals surface area contributed by atoms with Crippen LogP contribution in [0.5, 0.6) is 0 Å². The summed E-state index contributed by atoms with van der Waals surface area (Å²) in [5.41, 5.74) is 0.677. The zero-order valence-electron chi connectivity index (χ0n) is 11.3. The summed E-state index contributed by atoms with van der Waals surface area (Å²) in [6, 6.07) is 3.70. The van der Waals surface area contributed by atoms with Crippen LogP contribution in [0, 0.1) is 24.0 Å². The van der Waals surface area contributed by atoms with E-state index in [4.69, 9.17) is 20.9 Å². The van der Waals surface area contributed by atoms with Crippen LogP contribution < -0.4 is 0 Å². The number of nitrogens with zero attached hydrogens (tertiary/aromatic N) is 2. The average molecular weight is 311 g/mol. The zero-order chi connectivity index (χ0) is 15.6. The molecule has 0 N–H and O–H groups in total. The molecule has 21 heavy (non-hydrogen) atoms. The van der Waals surface area contributed by atoms with Crippen molar-refractivity contribution in [1.82, 2.24) is 5.16 Å². The van der Waals surface area contributed by atoms with E-state index in [-0.39, 0.29) is 22.9 Å². The number of carbonyl (C=O) groups is 1. The highest BCUT2D eigenvalue weighted by Gasteiger charge is 2.22. The Hall–Kier alpha value is -2.41. The van der Waals surface area contributed by atoms with E-state index in [1.807, 2.05) is 0 Å². The van der Waals surface area contributed by atoms with Crippen LogP contribution in [0.25, 0.3) is 0 Å². The number of carbonyl (C=O) groups excluding carboxylic acids is 1. The molecule has 0 aliphatic rings. The maximum atomic E-state index is 12.0. The summed E-state index contributed by atoms with van der Waals surface area (Å²) < 4.78 is 10.0. The molecule has 0 unspecified atom stereocenters. The minimum atomic E-state index is -0.829. The Morgan fingerprint density at radius 3 is 2.76 bits per heavy atom. The van der Waals surface area contributed by atoms with Crippen molar-refractivity contribution in [2.45, 2.75) is 20.5 Å². The van der Waals surface area contributed by atoms with Gasteiger partial charge in [0.2, 0.25) is 0 Å². The van der Waals surface area contributed by atoms with Crippen LogP contribution in [0.4, 0.5) is 5.69 Å². The van der Waals surface area contributed by atoms with E-state index in [9.17, 15) is 14.9 Å². The topological polar surface area (TPSA) is 95.5 Å². The number of esters is 1. The molecule has 0 aliphatic heterocycles. The van der Waals surface area contributed by atoms with Crippen LogP contribution in [0.15, 0.2) is 22.7 Å². The summed E-state index contributed by atoms with van der Waals surface area (Å²) in [5.74, 6) is -0.301. The quantitative estimate of drug-likeness (QED) is 0.489. The minimum absolute atomic E-state index is 0.0797. The first kappa shape index (κ1) is 15.0. The molecule has 0 fully saturated rings. The summed E-state index contributed by atoms with van der Waals surface area (Å²) in [7, 11) is 0. The maximum absolute atomic E-state index is 12.0. The molecule has 0 saturated carbocycles. The molecule has 0 saturated heterocycles. The van der Waals surface area contributed by atoms with Crippen LogP contribution in [-0.2, 0) is 11.3 Å². The van der Waals surface area contributed by atoms with E-state index < -0.39 is 10.9 Å². The van der Waals surface area contributed by atoms with Crippen molar-refractivity contribution in [3.8, 4) is 0 Å². The van der Waals surface area contributed by atoms with Gasteiger partial charge in [0, 0.05) is 11.1 Å². The highest BCUT2D eigenvalue weighted by atomic mass is 35.5. The molecule has 1 aromatic heterocycles. The number of aryl methyl sites for hydroxylation is 2. The molecule has 0 atom stereocenters. The van der Waals surface area contributed by atoms with Gasteiger partial charge in [-0.15, -0.1) is 0 Å². The highest BCUT2D eigenvalue weighted by molar-refractivity contribution is 6.31. The molecule has 0 bridgehead atoms. The lowest BCUT2D eigenvalue weighted by atomic mass is 10.2. The SMILES string of the molecule is Cc1noc(C)c1COC(=O)c1cc(Cl)ccc1[N+](=O)[O-]. The lowest BCUT2D eigenvalue weighted by Gasteiger charge is -2.05. The Labute approximate surface area is 124 Å². The lowest BCUT2D eigenvalue weighted by Crippen LogP contribution is -2.09. The average Bonchev–Trinajstić information content (AvgIpc) is 2.75. The Morgan fingerprint density at radius 2 is 2.19 bits per heavy atom. The van der Waals surface area contributed by atoms with E-state index >= 15 is 0 Å². The number of halogens is 1. The third-order valence-corrected chi connectivity index (χ3v) is 3.14. The van der Waals surface area contributed by atoms with Crippen LogP contribution in [-0.4, -0.2) is 16.0 Å². The molecular formula is C13H11ClN2O5. The van der Waals surface area contributed by atoms with Crippen molar-refractivity contribution >= 4 is 23.3 Å². The van der Waals surface area contributed by atoms with Gasteiger partial charge in [-0.2, -0.15) is 0 Å². The summed E-state index contributed by atoms with van der Waals surface area (Å²) >= 11 is 5.76. The first-order chi connectivity index (χ1) is 9.90. The Kier molecular flexibility index (Phi) is 4.23. The van der Waals surface area contributed by atoms with Gasteiger partial charge in [-0.3, -0.25) is 10.1 Å². The molecule has 1 heterocycles. The summed E-state index contributed by atoms with van der Waals surface area (Å²) in [5, 5.41) is 14.9. The number of hydrogen-bond donors (Lipinski definition) is 0. The van der Waals surface area contributed by atoms with Crippen LogP contribution >= 0.6 is 11.6 Å². The Morgan fingerprint density at radius 1 is 1.48 bits per heavy atom. The number of rotatable bonds is 4. The van der Waals surface area contributed by atoms with E-state index in [1.165, 1.54) is 12.1 Å². The number of nitro benzene ring substituents is 1. The second-order valence-electron chi connectivity index (χ2n) is 4.30. The van der Waals surface area contributed by atoms with Crippen molar-refractivity contribution in [3.63, 3.8) is 0 Å². The van der Waals surface area contributed by atoms with Crippen molar-refractivity contribution in [2.24, 2.45) is 0 Å². The molecule has 110 valence electrons. The molecule has 0 spiro atoms. The third kappa shape index (κ3) is 3.19. The molecule has 1 aromatic carbocycles. The highest BCUT2D eigenvalue weighted by Crippen LogP contribution is 2.24. The monoisotopic (exact) mass is 310 g/mol. The fourth-order valence-electron chi connectivity index (χ4n) is 1.75. The predicted octanol–water partition coefficient (Wildman–Crippen LogP) is 3.21. The molecule has 2 rings (SSSR count). The summed E-state index contributed by atoms with van der Waals surface area (Å²) in [6.45, 7) is 3.32. The molecular weight excluding hydrogens is 300 g/mol. The number of hydrogen-bond acceptors (Lipinski definition) is 6. The second kappa shape index (κ2) is 5.92. The third-order valence-electron chi connectivity index (χ3n) is 2.90. The van der Waals surface area contributed by atoms with Gasteiger partial charge in [-0.05, 0) is 26.0 Å². The molecule has 0 amide bonds. The van der Waals surface area contributed by atoms with Gasteiger partial charge in [0.15, 0.2) is 0 Å². The van der Waals surface area contributed by atoms with Crippen molar-refractivity contribution in [3.05, 3.63) is 55.9 Å². The first-order valence-corrected chi connectivity index (χ1v) is 6.30. The number of nitro groups is 1. The van der Waals surface area contributed by atoms with Crippen LogP contribution in [0.1, 0.15) is 27.4 Å². The molecule has 0 aliphatic carbocycles. The van der Waals surface area contributed by atoms with Crippen molar-refractivity contribution < 1.29 is 19.0 Å². The first-order valence-electron chi connectivity index (χ1n) is 5.93. The van der Waals surface area contributed by atoms with Gasteiger partial charge in [-0.1, -0.05) is 16.8 Å². The zero-order valence-corrected chi connectivity index (χ0v) is 12.0. The van der Waals surface area contributed by atoms with Gasteiger partial charge in [0.05, 0.1) is 16.2 Å². The lowest BCUT2D eigenvalue weighted by molar-refractivity contribution is -0.385. The van der Waals surface area contributed by atoms with Crippen LogP contribution in [0.3, 0.4) is 0 Å². The van der Waals surface area contributed by atoms with Crippen molar-refractivity contribution in [1.29, 1.82) is 0 Å². The van der Waals surface area contributed by atoms with E-state index in [0.717, 1.165) is 6.07 Å². The van der Waals surface area contributed by atoms with Gasteiger partial charge in [-0.25, -0.2) is 4.79 Å². The second-order valence-corrected chi connectivity index (χ2v) is 4.73. The number of ether oxygens (including phenoxy) is 1. The van der Waals surface area contributed by atoms with Gasteiger partial charge in [0.25, 0.3) is 5.69 Å². The van der Waals surface area contributed by atoms with Crippen molar-refractivity contribution in [2.75, 3.05) is 0 Å².